The molecule has 24 heavy (non-hydrogen) atoms. The summed E-state index contributed by atoms with van der Waals surface area (Å²) in [6.07, 6.45) is 0.796. The molecule has 0 unspecified atom stereocenters. The Hall–Kier alpha value is -2.00. The Kier molecular flexibility index (Phi) is 6.68. The number of rotatable bonds is 7. The van der Waals surface area contributed by atoms with Gasteiger partial charge in [-0.05, 0) is 48.1 Å². The van der Waals surface area contributed by atoms with E-state index in [2.05, 4.69) is 49.6 Å². The van der Waals surface area contributed by atoms with Crippen molar-refractivity contribution in [3.63, 3.8) is 0 Å². The van der Waals surface area contributed by atoms with Crippen LogP contribution in [0.15, 0.2) is 42.5 Å². The zero-order valence-electron chi connectivity index (χ0n) is 14.5. The van der Waals surface area contributed by atoms with Gasteiger partial charge < -0.3 is 10.6 Å². The summed E-state index contributed by atoms with van der Waals surface area (Å²) < 4.78 is 0. The van der Waals surface area contributed by atoms with Gasteiger partial charge in [-0.25, -0.2) is 0 Å². The second-order valence-electron chi connectivity index (χ2n) is 6.27. The van der Waals surface area contributed by atoms with Gasteiger partial charge in [-0.1, -0.05) is 55.8 Å². The Morgan fingerprint density at radius 1 is 1.12 bits per heavy atom. The summed E-state index contributed by atoms with van der Waals surface area (Å²) in [6, 6.07) is 13.9. The third-order valence-corrected chi connectivity index (χ3v) is 4.25. The summed E-state index contributed by atoms with van der Waals surface area (Å²) in [4.78, 5) is 12.1. The number of hydrogen-bond acceptors (Lipinski definition) is 2. The van der Waals surface area contributed by atoms with Crippen molar-refractivity contribution in [2.24, 2.45) is 0 Å². The molecule has 0 atom stereocenters. The van der Waals surface area contributed by atoms with Crippen molar-refractivity contribution in [2.75, 3.05) is 18.4 Å². The van der Waals surface area contributed by atoms with Gasteiger partial charge in [-0.2, -0.15) is 0 Å². The molecule has 4 heteroatoms. The lowest BCUT2D eigenvalue weighted by Gasteiger charge is -2.17. The first kappa shape index (κ1) is 18.3. The molecule has 3 nitrogen and oxygen atoms in total. The van der Waals surface area contributed by atoms with Gasteiger partial charge in [0.25, 0.3) is 0 Å². The number of hydrogen-bond donors (Lipinski definition) is 2. The fourth-order valence-corrected chi connectivity index (χ4v) is 2.77. The second kappa shape index (κ2) is 8.74. The van der Waals surface area contributed by atoms with E-state index in [4.69, 9.17) is 11.6 Å². The number of carbonyl (C=O) groups is 1. The van der Waals surface area contributed by atoms with Crippen LogP contribution < -0.4 is 10.6 Å². The van der Waals surface area contributed by atoms with Crippen molar-refractivity contribution in [3.05, 3.63) is 64.2 Å². The van der Waals surface area contributed by atoms with Gasteiger partial charge in [0.05, 0.1) is 6.54 Å². The molecular weight excluding hydrogens is 320 g/mol. The van der Waals surface area contributed by atoms with Crippen LogP contribution in [0.2, 0.25) is 5.02 Å². The maximum absolute atomic E-state index is 12.1. The minimum atomic E-state index is 0.00178. The van der Waals surface area contributed by atoms with Crippen molar-refractivity contribution in [1.82, 2.24) is 5.32 Å². The quantitative estimate of drug-likeness (QED) is 0.774. The van der Waals surface area contributed by atoms with E-state index < -0.39 is 0 Å². The van der Waals surface area contributed by atoms with Crippen LogP contribution in [-0.4, -0.2) is 19.0 Å². The first-order chi connectivity index (χ1) is 11.5. The number of nitrogens with one attached hydrogen (secondary N) is 2. The summed E-state index contributed by atoms with van der Waals surface area (Å²) in [5.41, 5.74) is 4.63. The monoisotopic (exact) mass is 344 g/mol. The first-order valence-corrected chi connectivity index (χ1v) is 8.69. The Morgan fingerprint density at radius 3 is 2.50 bits per heavy atom. The normalized spacial score (nSPS) is 10.7. The number of carbonyl (C=O) groups excluding carboxylic acids is 1. The standard InChI is InChI=1S/C20H25ClN2O/c1-14(2)18-6-4-5-15(3)20(18)23-13-19(24)22-12-11-16-7-9-17(21)10-8-16/h4-10,14,23H,11-13H2,1-3H3,(H,22,24). The Morgan fingerprint density at radius 2 is 1.83 bits per heavy atom. The zero-order valence-corrected chi connectivity index (χ0v) is 15.3. The Labute approximate surface area is 149 Å². The highest BCUT2D eigenvalue weighted by Gasteiger charge is 2.10. The smallest absolute Gasteiger partial charge is 0.239 e. The summed E-state index contributed by atoms with van der Waals surface area (Å²) in [7, 11) is 0. The predicted octanol–water partition coefficient (Wildman–Crippen LogP) is 4.54. The third-order valence-electron chi connectivity index (χ3n) is 4.00. The summed E-state index contributed by atoms with van der Waals surface area (Å²) in [5, 5.41) is 6.97. The molecule has 0 aliphatic carbocycles. The van der Waals surface area contributed by atoms with Gasteiger partial charge >= 0.3 is 0 Å². The molecule has 2 N–H and O–H groups in total. The van der Waals surface area contributed by atoms with Gasteiger partial charge in [0.15, 0.2) is 0 Å². The molecule has 2 rings (SSSR count). The van der Waals surface area contributed by atoms with Crippen molar-refractivity contribution in [3.8, 4) is 0 Å². The van der Waals surface area contributed by atoms with Crippen molar-refractivity contribution in [1.29, 1.82) is 0 Å². The highest BCUT2D eigenvalue weighted by Crippen LogP contribution is 2.27. The van der Waals surface area contributed by atoms with Gasteiger partial charge in [0.2, 0.25) is 5.91 Å². The molecule has 2 aromatic carbocycles. The Bertz CT molecular complexity index is 681. The average Bonchev–Trinajstić information content (AvgIpc) is 2.55. The second-order valence-corrected chi connectivity index (χ2v) is 6.71. The molecule has 0 aliphatic heterocycles. The number of amides is 1. The van der Waals surface area contributed by atoms with Crippen LogP contribution in [0.25, 0.3) is 0 Å². The van der Waals surface area contributed by atoms with Gasteiger partial charge in [0, 0.05) is 17.3 Å². The maximum Gasteiger partial charge on any atom is 0.239 e. The van der Waals surface area contributed by atoms with Crippen LogP contribution in [0.5, 0.6) is 0 Å². The molecule has 0 radical (unpaired) electrons. The van der Waals surface area contributed by atoms with Crippen molar-refractivity contribution in [2.45, 2.75) is 33.1 Å². The SMILES string of the molecule is Cc1cccc(C(C)C)c1NCC(=O)NCCc1ccc(Cl)cc1. The molecule has 0 saturated carbocycles. The maximum atomic E-state index is 12.1. The predicted molar refractivity (Wildman–Crippen MR) is 102 cm³/mol. The van der Waals surface area contributed by atoms with Gasteiger partial charge in [0.1, 0.15) is 0 Å². The summed E-state index contributed by atoms with van der Waals surface area (Å²) >= 11 is 5.87. The van der Waals surface area contributed by atoms with E-state index >= 15 is 0 Å². The molecule has 1 amide bonds. The van der Waals surface area contributed by atoms with Crippen LogP contribution in [0.3, 0.4) is 0 Å². The summed E-state index contributed by atoms with van der Waals surface area (Å²) in [6.45, 7) is 7.28. The van der Waals surface area contributed by atoms with Gasteiger partial charge in [-0.3, -0.25) is 4.79 Å². The molecule has 0 aromatic heterocycles. The Balaban J connectivity index is 1.82. The lowest BCUT2D eigenvalue weighted by atomic mass is 9.98. The average molecular weight is 345 g/mol. The fraction of sp³-hybridized carbons (Fsp3) is 0.350. The molecule has 128 valence electrons. The van der Waals surface area contributed by atoms with E-state index in [0.29, 0.717) is 12.5 Å². The lowest BCUT2D eigenvalue weighted by molar-refractivity contribution is -0.119. The van der Waals surface area contributed by atoms with E-state index in [-0.39, 0.29) is 12.5 Å². The number of para-hydroxylation sites is 1. The van der Waals surface area contributed by atoms with Gasteiger partial charge in [-0.15, -0.1) is 0 Å². The fourth-order valence-electron chi connectivity index (χ4n) is 2.64. The molecule has 0 aliphatic rings. The highest BCUT2D eigenvalue weighted by atomic mass is 35.5. The van der Waals surface area contributed by atoms with E-state index in [9.17, 15) is 4.79 Å². The minimum Gasteiger partial charge on any atom is -0.376 e. The molecular formula is C20H25ClN2O. The number of anilines is 1. The largest absolute Gasteiger partial charge is 0.376 e. The molecule has 0 spiro atoms. The van der Waals surface area contributed by atoms with E-state index in [0.717, 1.165) is 28.3 Å². The van der Waals surface area contributed by atoms with E-state index in [1.807, 2.05) is 24.3 Å². The van der Waals surface area contributed by atoms with Crippen molar-refractivity contribution >= 4 is 23.2 Å². The molecule has 0 fully saturated rings. The molecule has 0 bridgehead atoms. The van der Waals surface area contributed by atoms with Crippen LogP contribution in [-0.2, 0) is 11.2 Å². The lowest BCUT2D eigenvalue weighted by Crippen LogP contribution is -2.31. The number of aryl methyl sites for hydroxylation is 1. The van der Waals surface area contributed by atoms with Crippen LogP contribution in [0.1, 0.15) is 36.5 Å². The number of benzene rings is 2. The first-order valence-electron chi connectivity index (χ1n) is 8.32. The molecule has 2 aromatic rings. The van der Waals surface area contributed by atoms with E-state index in [1.165, 1.54) is 5.56 Å². The third kappa shape index (κ3) is 5.27. The van der Waals surface area contributed by atoms with Crippen LogP contribution in [0, 0.1) is 6.92 Å². The topological polar surface area (TPSA) is 41.1 Å². The van der Waals surface area contributed by atoms with Crippen LogP contribution >= 0.6 is 11.6 Å². The van der Waals surface area contributed by atoms with Crippen LogP contribution in [0.4, 0.5) is 5.69 Å². The number of halogens is 1. The summed E-state index contributed by atoms with van der Waals surface area (Å²) in [5.74, 6) is 0.419. The minimum absolute atomic E-state index is 0.00178. The van der Waals surface area contributed by atoms with E-state index in [1.54, 1.807) is 0 Å². The van der Waals surface area contributed by atoms with Crippen molar-refractivity contribution < 1.29 is 4.79 Å². The zero-order chi connectivity index (χ0) is 17.5. The molecule has 0 heterocycles. The molecule has 0 saturated heterocycles. The highest BCUT2D eigenvalue weighted by molar-refractivity contribution is 6.30.